The van der Waals surface area contributed by atoms with Crippen LogP contribution >= 0.6 is 11.6 Å². The average Bonchev–Trinajstić information content (AvgIpc) is 2.68. The van der Waals surface area contributed by atoms with Gasteiger partial charge in [-0.1, -0.05) is 29.8 Å². The van der Waals surface area contributed by atoms with Crippen LogP contribution in [0.2, 0.25) is 5.02 Å². The molecule has 1 aromatic heterocycles. The van der Waals surface area contributed by atoms with Gasteiger partial charge in [0.15, 0.2) is 0 Å². The van der Waals surface area contributed by atoms with Gasteiger partial charge in [0.05, 0.1) is 23.5 Å². The van der Waals surface area contributed by atoms with Gasteiger partial charge in [-0.05, 0) is 48.5 Å². The summed E-state index contributed by atoms with van der Waals surface area (Å²) in [7, 11) is 0. The number of para-hydroxylation sites is 1. The molecule has 0 saturated carbocycles. The Morgan fingerprint density at radius 3 is 2.35 bits per heavy atom. The van der Waals surface area contributed by atoms with E-state index in [1.807, 2.05) is 18.2 Å². The molecule has 3 rings (SSSR count). The molecule has 0 aliphatic carbocycles. The molecule has 0 aliphatic heterocycles. The van der Waals surface area contributed by atoms with Crippen molar-refractivity contribution in [3.63, 3.8) is 0 Å². The number of nitrogens with zero attached hydrogens (tertiary/aromatic N) is 1. The van der Waals surface area contributed by atoms with Crippen molar-refractivity contribution in [2.75, 3.05) is 5.32 Å². The van der Waals surface area contributed by atoms with E-state index in [9.17, 15) is 9.59 Å². The van der Waals surface area contributed by atoms with Crippen molar-refractivity contribution in [3.05, 3.63) is 94.8 Å². The predicted octanol–water partition coefficient (Wildman–Crippen LogP) is 3.92. The summed E-state index contributed by atoms with van der Waals surface area (Å²) in [5, 5.41) is 6.12. The van der Waals surface area contributed by atoms with Gasteiger partial charge in [0.25, 0.3) is 11.8 Å². The van der Waals surface area contributed by atoms with Crippen LogP contribution in [0.3, 0.4) is 0 Å². The lowest BCUT2D eigenvalue weighted by molar-refractivity contribution is 0.0951. The third kappa shape index (κ3) is 4.46. The molecular formula is C20H16ClN3O2. The van der Waals surface area contributed by atoms with Crippen LogP contribution in [0.5, 0.6) is 0 Å². The van der Waals surface area contributed by atoms with Gasteiger partial charge in [-0.25, -0.2) is 0 Å². The Morgan fingerprint density at radius 1 is 0.885 bits per heavy atom. The molecule has 2 amide bonds. The van der Waals surface area contributed by atoms with Crippen molar-refractivity contribution in [2.24, 2.45) is 0 Å². The highest BCUT2D eigenvalue weighted by Gasteiger charge is 2.14. The third-order valence-corrected chi connectivity index (χ3v) is 3.93. The second-order valence-corrected chi connectivity index (χ2v) is 5.95. The van der Waals surface area contributed by atoms with Crippen LogP contribution in [0.4, 0.5) is 5.69 Å². The average molecular weight is 366 g/mol. The van der Waals surface area contributed by atoms with Gasteiger partial charge in [0.2, 0.25) is 0 Å². The van der Waals surface area contributed by atoms with E-state index in [0.717, 1.165) is 5.69 Å². The van der Waals surface area contributed by atoms with Crippen LogP contribution < -0.4 is 10.6 Å². The number of hydrogen-bond acceptors (Lipinski definition) is 3. The number of carbonyl (C=O) groups is 2. The number of anilines is 1. The largest absolute Gasteiger partial charge is 0.346 e. The van der Waals surface area contributed by atoms with Crippen molar-refractivity contribution in [3.8, 4) is 0 Å². The molecule has 3 aromatic rings. The molecule has 0 bridgehead atoms. The van der Waals surface area contributed by atoms with Crippen LogP contribution in [0.1, 0.15) is 26.4 Å². The van der Waals surface area contributed by atoms with E-state index in [-0.39, 0.29) is 11.8 Å². The molecular weight excluding hydrogens is 350 g/mol. The maximum absolute atomic E-state index is 12.5. The van der Waals surface area contributed by atoms with E-state index in [0.29, 0.717) is 28.4 Å². The number of pyridine rings is 1. The fraction of sp³-hybridized carbons (Fsp3) is 0.0500. The smallest absolute Gasteiger partial charge is 0.255 e. The van der Waals surface area contributed by atoms with Crippen LogP contribution in [0, 0.1) is 0 Å². The summed E-state index contributed by atoms with van der Waals surface area (Å²) in [6, 6.07) is 18.9. The molecule has 0 radical (unpaired) electrons. The van der Waals surface area contributed by atoms with Crippen molar-refractivity contribution in [1.29, 1.82) is 0 Å². The van der Waals surface area contributed by atoms with Crippen LogP contribution in [0.25, 0.3) is 0 Å². The summed E-state index contributed by atoms with van der Waals surface area (Å²) >= 11 is 5.84. The molecule has 1 heterocycles. The number of nitrogens with one attached hydrogen (secondary N) is 2. The van der Waals surface area contributed by atoms with Gasteiger partial charge in [-0.3, -0.25) is 14.6 Å². The maximum Gasteiger partial charge on any atom is 0.255 e. The molecule has 0 fully saturated rings. The van der Waals surface area contributed by atoms with Gasteiger partial charge in [-0.2, -0.15) is 0 Å². The van der Waals surface area contributed by atoms with Crippen molar-refractivity contribution in [1.82, 2.24) is 10.3 Å². The van der Waals surface area contributed by atoms with Gasteiger partial charge in [0, 0.05) is 16.8 Å². The van der Waals surface area contributed by atoms with E-state index >= 15 is 0 Å². The highest BCUT2D eigenvalue weighted by molar-refractivity contribution is 6.30. The Morgan fingerprint density at radius 2 is 1.62 bits per heavy atom. The Labute approximate surface area is 156 Å². The van der Waals surface area contributed by atoms with Crippen molar-refractivity contribution < 1.29 is 9.59 Å². The molecule has 6 heteroatoms. The first kappa shape index (κ1) is 17.6. The first-order chi connectivity index (χ1) is 12.6. The lowest BCUT2D eigenvalue weighted by atomic mass is 10.1. The Bertz CT molecular complexity index is 912. The quantitative estimate of drug-likeness (QED) is 0.720. The zero-order valence-electron chi connectivity index (χ0n) is 13.8. The number of benzene rings is 2. The zero-order chi connectivity index (χ0) is 18.4. The number of carbonyl (C=O) groups excluding carboxylic acids is 2. The molecule has 2 N–H and O–H groups in total. The Balaban J connectivity index is 1.72. The lowest BCUT2D eigenvalue weighted by Gasteiger charge is -2.11. The van der Waals surface area contributed by atoms with Crippen molar-refractivity contribution in [2.45, 2.75) is 6.54 Å². The summed E-state index contributed by atoms with van der Waals surface area (Å²) in [6.45, 7) is 0.305. The number of hydrogen-bond donors (Lipinski definition) is 2. The second-order valence-electron chi connectivity index (χ2n) is 5.51. The molecule has 5 nitrogen and oxygen atoms in total. The Kier molecular flexibility index (Phi) is 5.61. The van der Waals surface area contributed by atoms with E-state index in [1.165, 1.54) is 0 Å². The predicted molar refractivity (Wildman–Crippen MR) is 101 cm³/mol. The third-order valence-electron chi connectivity index (χ3n) is 3.68. The van der Waals surface area contributed by atoms with E-state index in [2.05, 4.69) is 15.6 Å². The number of rotatable bonds is 5. The minimum absolute atomic E-state index is 0.289. The van der Waals surface area contributed by atoms with Gasteiger partial charge in [0.1, 0.15) is 0 Å². The normalized spacial score (nSPS) is 10.2. The first-order valence-electron chi connectivity index (χ1n) is 7.97. The van der Waals surface area contributed by atoms with Crippen LogP contribution in [0.15, 0.2) is 72.9 Å². The Hall–Kier alpha value is -3.18. The monoisotopic (exact) mass is 365 g/mol. The number of aromatic nitrogens is 1. The number of halogens is 1. The summed E-state index contributed by atoms with van der Waals surface area (Å²) in [6.07, 6.45) is 1.67. The topological polar surface area (TPSA) is 71.1 Å². The van der Waals surface area contributed by atoms with E-state index in [1.54, 1.807) is 54.7 Å². The molecule has 0 aliphatic rings. The fourth-order valence-corrected chi connectivity index (χ4v) is 2.48. The summed E-state index contributed by atoms with van der Waals surface area (Å²) in [5.74, 6) is -0.602. The van der Waals surface area contributed by atoms with E-state index in [4.69, 9.17) is 11.6 Å². The van der Waals surface area contributed by atoms with E-state index < -0.39 is 0 Å². The van der Waals surface area contributed by atoms with Gasteiger partial charge in [-0.15, -0.1) is 0 Å². The summed E-state index contributed by atoms with van der Waals surface area (Å²) in [5.41, 5.74) is 2.03. The highest BCUT2D eigenvalue weighted by atomic mass is 35.5. The van der Waals surface area contributed by atoms with Gasteiger partial charge >= 0.3 is 0 Å². The molecule has 130 valence electrons. The van der Waals surface area contributed by atoms with Crippen molar-refractivity contribution >= 4 is 29.1 Å². The van der Waals surface area contributed by atoms with Crippen LogP contribution in [-0.2, 0) is 6.54 Å². The summed E-state index contributed by atoms with van der Waals surface area (Å²) < 4.78 is 0. The second kappa shape index (κ2) is 8.27. The molecule has 0 unspecified atom stereocenters. The fourth-order valence-electron chi connectivity index (χ4n) is 2.35. The number of amides is 2. The zero-order valence-corrected chi connectivity index (χ0v) is 14.5. The maximum atomic E-state index is 12.5. The van der Waals surface area contributed by atoms with Crippen LogP contribution in [-0.4, -0.2) is 16.8 Å². The first-order valence-corrected chi connectivity index (χ1v) is 8.35. The molecule has 26 heavy (non-hydrogen) atoms. The molecule has 0 saturated heterocycles. The molecule has 2 aromatic carbocycles. The minimum atomic E-state index is -0.313. The van der Waals surface area contributed by atoms with Gasteiger partial charge < -0.3 is 10.6 Å². The SMILES string of the molecule is O=C(Nc1ccccc1C(=O)NCc1ccccn1)c1ccc(Cl)cc1. The molecule has 0 spiro atoms. The molecule has 0 atom stereocenters. The minimum Gasteiger partial charge on any atom is -0.346 e. The summed E-state index contributed by atoms with van der Waals surface area (Å²) in [4.78, 5) is 29.0. The standard InChI is InChI=1S/C20H16ClN3O2/c21-15-10-8-14(9-11-15)19(25)24-18-7-2-1-6-17(18)20(26)23-13-16-5-3-4-12-22-16/h1-12H,13H2,(H,23,26)(H,24,25). The lowest BCUT2D eigenvalue weighted by Crippen LogP contribution is -2.25. The highest BCUT2D eigenvalue weighted by Crippen LogP contribution is 2.17.